The first-order valence-corrected chi connectivity index (χ1v) is 4.92. The first-order valence-electron chi connectivity index (χ1n) is 4.04. The van der Waals surface area contributed by atoms with Crippen molar-refractivity contribution in [1.29, 1.82) is 0 Å². The van der Waals surface area contributed by atoms with Gasteiger partial charge < -0.3 is 4.74 Å². The van der Waals surface area contributed by atoms with Crippen LogP contribution in [0.15, 0.2) is 29.8 Å². The summed E-state index contributed by atoms with van der Waals surface area (Å²) in [6, 6.07) is 4.72. The van der Waals surface area contributed by atoms with Gasteiger partial charge >= 0.3 is 0 Å². The second kappa shape index (κ2) is 3.75. The molecule has 2 nitrogen and oxygen atoms in total. The molecule has 0 aliphatic heterocycles. The van der Waals surface area contributed by atoms with Gasteiger partial charge in [0.25, 0.3) is 0 Å². The lowest BCUT2D eigenvalue weighted by Crippen LogP contribution is -1.88. The molecule has 2 aromatic rings. The Morgan fingerprint density at radius 1 is 1.43 bits per heavy atom. The van der Waals surface area contributed by atoms with E-state index in [1.165, 1.54) is 24.5 Å². The first kappa shape index (κ1) is 9.15. The van der Waals surface area contributed by atoms with Crippen LogP contribution in [0.25, 0.3) is 10.6 Å². The zero-order valence-corrected chi connectivity index (χ0v) is 8.34. The number of methoxy groups -OCH3 is 1. The molecule has 14 heavy (non-hydrogen) atoms. The zero-order valence-electron chi connectivity index (χ0n) is 7.53. The molecule has 0 N–H and O–H groups in total. The highest BCUT2D eigenvalue weighted by molar-refractivity contribution is 7.13. The molecule has 0 unspecified atom stereocenters. The van der Waals surface area contributed by atoms with Gasteiger partial charge in [-0.05, 0) is 18.2 Å². The quantitative estimate of drug-likeness (QED) is 0.758. The number of benzene rings is 1. The van der Waals surface area contributed by atoms with Crippen molar-refractivity contribution in [2.45, 2.75) is 0 Å². The molecule has 0 aliphatic carbocycles. The summed E-state index contributed by atoms with van der Waals surface area (Å²) in [4.78, 5) is 4.13. The van der Waals surface area contributed by atoms with Crippen molar-refractivity contribution in [2.75, 3.05) is 7.11 Å². The number of ether oxygens (including phenoxy) is 1. The summed E-state index contributed by atoms with van der Waals surface area (Å²) < 4.78 is 18.0. The maximum absolute atomic E-state index is 13.1. The summed E-state index contributed by atoms with van der Waals surface area (Å²) in [6.45, 7) is 0. The fourth-order valence-electron chi connectivity index (χ4n) is 1.16. The fraction of sp³-hybridized carbons (Fsp3) is 0.100. The van der Waals surface area contributed by atoms with Crippen molar-refractivity contribution < 1.29 is 9.13 Å². The molecule has 0 saturated heterocycles. The predicted molar refractivity (Wildman–Crippen MR) is 54.1 cm³/mol. The van der Waals surface area contributed by atoms with E-state index in [0.29, 0.717) is 0 Å². The summed E-state index contributed by atoms with van der Waals surface area (Å²) in [5.41, 5.74) is 0.873. The maximum atomic E-state index is 13.1. The number of halogens is 1. The molecule has 4 heteroatoms. The molecule has 1 aromatic heterocycles. The molecule has 1 heterocycles. The second-order valence-corrected chi connectivity index (χ2v) is 3.58. The Kier molecular flexibility index (Phi) is 2.45. The highest BCUT2D eigenvalue weighted by Crippen LogP contribution is 2.27. The number of hydrogen-bond donors (Lipinski definition) is 0. The standard InChI is InChI=1S/C10H8FNOS/c1-13-9-6-7(2-3-8(9)11)10-12-4-5-14-10/h2-6H,1H3. The molecule has 0 aliphatic rings. The molecule has 1 aromatic carbocycles. The third-order valence-electron chi connectivity index (χ3n) is 1.83. The van der Waals surface area contributed by atoms with Crippen LogP contribution >= 0.6 is 11.3 Å². The summed E-state index contributed by atoms with van der Waals surface area (Å²) >= 11 is 1.51. The predicted octanol–water partition coefficient (Wildman–Crippen LogP) is 2.96. The van der Waals surface area contributed by atoms with E-state index in [2.05, 4.69) is 4.98 Å². The van der Waals surface area contributed by atoms with Crippen molar-refractivity contribution >= 4 is 11.3 Å². The highest BCUT2D eigenvalue weighted by atomic mass is 32.1. The van der Waals surface area contributed by atoms with Crippen LogP contribution in [0.2, 0.25) is 0 Å². The van der Waals surface area contributed by atoms with E-state index >= 15 is 0 Å². The third-order valence-corrected chi connectivity index (χ3v) is 2.65. The SMILES string of the molecule is COc1cc(-c2nccs2)ccc1F. The van der Waals surface area contributed by atoms with E-state index in [1.54, 1.807) is 18.3 Å². The van der Waals surface area contributed by atoms with E-state index < -0.39 is 0 Å². The molecule has 0 saturated carbocycles. The van der Waals surface area contributed by atoms with Gasteiger partial charge in [0, 0.05) is 17.1 Å². The molecular formula is C10H8FNOS. The molecular weight excluding hydrogens is 201 g/mol. The molecule has 2 rings (SSSR count). The number of aromatic nitrogens is 1. The van der Waals surface area contributed by atoms with Gasteiger partial charge in [0.15, 0.2) is 11.6 Å². The van der Waals surface area contributed by atoms with Crippen molar-refractivity contribution in [3.05, 3.63) is 35.6 Å². The van der Waals surface area contributed by atoms with Crippen molar-refractivity contribution in [2.24, 2.45) is 0 Å². The van der Waals surface area contributed by atoms with Crippen LogP contribution in [0.3, 0.4) is 0 Å². The molecule has 0 amide bonds. The molecule has 0 atom stereocenters. The topological polar surface area (TPSA) is 22.1 Å². The molecule has 0 radical (unpaired) electrons. The lowest BCUT2D eigenvalue weighted by molar-refractivity contribution is 0.387. The number of rotatable bonds is 2. The van der Waals surface area contributed by atoms with E-state index in [0.717, 1.165) is 10.6 Å². The van der Waals surface area contributed by atoms with Gasteiger partial charge in [-0.25, -0.2) is 9.37 Å². The Hall–Kier alpha value is -1.42. The van der Waals surface area contributed by atoms with Crippen LogP contribution in [0.1, 0.15) is 0 Å². The summed E-state index contributed by atoms with van der Waals surface area (Å²) in [5.74, 6) is -0.106. The van der Waals surface area contributed by atoms with Gasteiger partial charge in [-0.3, -0.25) is 0 Å². The minimum absolute atomic E-state index is 0.248. The summed E-state index contributed by atoms with van der Waals surface area (Å²) in [7, 11) is 1.45. The van der Waals surface area contributed by atoms with Crippen LogP contribution in [0.5, 0.6) is 5.75 Å². The maximum Gasteiger partial charge on any atom is 0.165 e. The van der Waals surface area contributed by atoms with Gasteiger partial charge in [0.2, 0.25) is 0 Å². The van der Waals surface area contributed by atoms with Crippen LogP contribution in [0.4, 0.5) is 4.39 Å². The number of hydrogen-bond acceptors (Lipinski definition) is 3. The van der Waals surface area contributed by atoms with Crippen molar-refractivity contribution in [3.63, 3.8) is 0 Å². The van der Waals surface area contributed by atoms with Crippen LogP contribution in [0, 0.1) is 5.82 Å². The lowest BCUT2D eigenvalue weighted by Gasteiger charge is -2.02. The van der Waals surface area contributed by atoms with Crippen LogP contribution in [-0.4, -0.2) is 12.1 Å². The molecule has 0 spiro atoms. The van der Waals surface area contributed by atoms with Crippen LogP contribution in [-0.2, 0) is 0 Å². The van der Waals surface area contributed by atoms with E-state index in [1.807, 2.05) is 5.38 Å². The number of thiazole rings is 1. The Morgan fingerprint density at radius 3 is 2.93 bits per heavy atom. The monoisotopic (exact) mass is 209 g/mol. The van der Waals surface area contributed by atoms with Gasteiger partial charge in [-0.2, -0.15) is 0 Å². The highest BCUT2D eigenvalue weighted by Gasteiger charge is 2.06. The van der Waals surface area contributed by atoms with E-state index in [-0.39, 0.29) is 11.6 Å². The van der Waals surface area contributed by atoms with Crippen LogP contribution < -0.4 is 4.74 Å². The normalized spacial score (nSPS) is 10.1. The molecule has 0 fully saturated rings. The van der Waals surface area contributed by atoms with Gasteiger partial charge in [-0.1, -0.05) is 0 Å². The average molecular weight is 209 g/mol. The Morgan fingerprint density at radius 2 is 2.29 bits per heavy atom. The Labute approximate surface area is 85.0 Å². The largest absolute Gasteiger partial charge is 0.494 e. The summed E-state index contributed by atoms with van der Waals surface area (Å²) in [6.07, 6.45) is 1.72. The second-order valence-electron chi connectivity index (χ2n) is 2.69. The van der Waals surface area contributed by atoms with E-state index in [4.69, 9.17) is 4.74 Å². The zero-order chi connectivity index (χ0) is 9.97. The molecule has 0 bridgehead atoms. The smallest absolute Gasteiger partial charge is 0.165 e. The van der Waals surface area contributed by atoms with Gasteiger partial charge in [0.1, 0.15) is 5.01 Å². The van der Waals surface area contributed by atoms with Crippen molar-refractivity contribution in [1.82, 2.24) is 4.98 Å². The average Bonchev–Trinajstić information content (AvgIpc) is 2.71. The first-order chi connectivity index (χ1) is 6.81. The summed E-state index contributed by atoms with van der Waals surface area (Å²) in [5, 5.41) is 2.74. The molecule has 72 valence electrons. The minimum atomic E-state index is -0.354. The third kappa shape index (κ3) is 1.61. The fourth-order valence-corrected chi connectivity index (χ4v) is 1.79. The van der Waals surface area contributed by atoms with Gasteiger partial charge in [0.05, 0.1) is 7.11 Å². The Bertz CT molecular complexity index is 428. The number of nitrogens with zero attached hydrogens (tertiary/aromatic N) is 1. The van der Waals surface area contributed by atoms with Crippen molar-refractivity contribution in [3.8, 4) is 16.3 Å². The lowest BCUT2D eigenvalue weighted by atomic mass is 10.2. The minimum Gasteiger partial charge on any atom is -0.494 e. The Balaban J connectivity index is 2.46. The van der Waals surface area contributed by atoms with E-state index in [9.17, 15) is 4.39 Å². The van der Waals surface area contributed by atoms with Gasteiger partial charge in [-0.15, -0.1) is 11.3 Å².